The Kier molecular flexibility index (Phi) is 3.62. The van der Waals surface area contributed by atoms with Crippen molar-refractivity contribution in [1.29, 1.82) is 0 Å². The van der Waals surface area contributed by atoms with Gasteiger partial charge in [0.1, 0.15) is 5.82 Å². The van der Waals surface area contributed by atoms with Crippen LogP contribution in [0.2, 0.25) is 0 Å². The first kappa shape index (κ1) is 13.6. The molecule has 0 aliphatic heterocycles. The van der Waals surface area contributed by atoms with Crippen molar-refractivity contribution in [2.75, 3.05) is 26.0 Å². The summed E-state index contributed by atoms with van der Waals surface area (Å²) in [5, 5.41) is 4.98. The van der Waals surface area contributed by atoms with Gasteiger partial charge in [-0.25, -0.2) is 0 Å². The molecule has 0 saturated carbocycles. The van der Waals surface area contributed by atoms with Crippen molar-refractivity contribution < 1.29 is 0 Å². The van der Waals surface area contributed by atoms with Crippen molar-refractivity contribution in [3.05, 3.63) is 40.7 Å². The van der Waals surface area contributed by atoms with Crippen molar-refractivity contribution in [2.24, 2.45) is 0 Å². The molecule has 1 heterocycles. The Morgan fingerprint density at radius 2 is 1.95 bits per heavy atom. The van der Waals surface area contributed by atoms with E-state index in [1.165, 1.54) is 0 Å². The van der Waals surface area contributed by atoms with E-state index >= 15 is 0 Å². The van der Waals surface area contributed by atoms with Gasteiger partial charge in [-0.1, -0.05) is 18.2 Å². The predicted octanol–water partition coefficient (Wildman–Crippen LogP) is 2.28. The largest absolute Gasteiger partial charge is 0.370 e. The zero-order chi connectivity index (χ0) is 14.0. The third-order valence-electron chi connectivity index (χ3n) is 3.68. The normalized spacial score (nSPS) is 12.1. The summed E-state index contributed by atoms with van der Waals surface area (Å²) in [6.45, 7) is 5.06. The number of pyridine rings is 1. The summed E-state index contributed by atoms with van der Waals surface area (Å²) in [5.41, 5.74) is -0.0361. The van der Waals surface area contributed by atoms with Crippen molar-refractivity contribution in [2.45, 2.75) is 19.4 Å². The third-order valence-corrected chi connectivity index (χ3v) is 3.68. The molecular formula is C15H21N3O. The molecule has 0 fully saturated rings. The molecule has 2 N–H and O–H groups in total. The molecule has 0 atom stereocenters. The number of aromatic amines is 1. The van der Waals surface area contributed by atoms with Crippen molar-refractivity contribution in [3.8, 4) is 0 Å². The SMILES string of the molecule is CN(C)C(C)(C)CNc1cc2ccccc2c(=O)[nH]1. The van der Waals surface area contributed by atoms with E-state index in [4.69, 9.17) is 0 Å². The van der Waals surface area contributed by atoms with E-state index in [-0.39, 0.29) is 11.1 Å². The second kappa shape index (κ2) is 5.05. The summed E-state index contributed by atoms with van der Waals surface area (Å²) < 4.78 is 0. The number of fused-ring (bicyclic) bond motifs is 1. The van der Waals surface area contributed by atoms with E-state index in [2.05, 4.69) is 29.0 Å². The number of anilines is 1. The van der Waals surface area contributed by atoms with E-state index in [1.807, 2.05) is 44.4 Å². The van der Waals surface area contributed by atoms with Gasteiger partial charge in [0.25, 0.3) is 5.56 Å². The second-order valence-electron chi connectivity index (χ2n) is 5.66. The molecule has 0 spiro atoms. The highest BCUT2D eigenvalue weighted by atomic mass is 16.1. The molecule has 2 aromatic rings. The number of likely N-dealkylation sites (N-methyl/N-ethyl adjacent to an activating group) is 1. The average Bonchev–Trinajstić information content (AvgIpc) is 2.36. The number of hydrogen-bond donors (Lipinski definition) is 2. The Labute approximate surface area is 113 Å². The highest BCUT2D eigenvalue weighted by Crippen LogP contribution is 2.15. The van der Waals surface area contributed by atoms with E-state index < -0.39 is 0 Å². The number of rotatable bonds is 4. The van der Waals surface area contributed by atoms with Crippen molar-refractivity contribution in [3.63, 3.8) is 0 Å². The molecule has 0 bridgehead atoms. The Bertz CT molecular complexity index is 629. The Hall–Kier alpha value is -1.81. The minimum Gasteiger partial charge on any atom is -0.370 e. The van der Waals surface area contributed by atoms with E-state index in [0.29, 0.717) is 0 Å². The summed E-state index contributed by atoms with van der Waals surface area (Å²) in [6.07, 6.45) is 0. The Balaban J connectivity index is 2.25. The molecule has 19 heavy (non-hydrogen) atoms. The molecule has 1 aromatic heterocycles. The van der Waals surface area contributed by atoms with Crippen LogP contribution >= 0.6 is 0 Å². The number of benzene rings is 1. The van der Waals surface area contributed by atoms with Crippen LogP contribution in [0.4, 0.5) is 5.82 Å². The molecule has 1 aromatic carbocycles. The zero-order valence-electron chi connectivity index (χ0n) is 11.9. The second-order valence-corrected chi connectivity index (χ2v) is 5.66. The van der Waals surface area contributed by atoms with E-state index in [1.54, 1.807) is 0 Å². The molecule has 2 rings (SSSR count). The molecule has 0 aliphatic carbocycles. The van der Waals surface area contributed by atoms with Crippen molar-refractivity contribution in [1.82, 2.24) is 9.88 Å². The quantitative estimate of drug-likeness (QED) is 0.885. The maximum absolute atomic E-state index is 12.0. The van der Waals surface area contributed by atoms with Gasteiger partial charge in [-0.2, -0.15) is 0 Å². The van der Waals surface area contributed by atoms with Crippen LogP contribution in [0, 0.1) is 0 Å². The van der Waals surface area contributed by atoms with Gasteiger partial charge in [-0.05, 0) is 45.5 Å². The van der Waals surface area contributed by atoms with Crippen LogP contribution in [0.15, 0.2) is 35.1 Å². The molecule has 0 radical (unpaired) electrons. The number of nitrogens with one attached hydrogen (secondary N) is 2. The van der Waals surface area contributed by atoms with E-state index in [9.17, 15) is 4.79 Å². The number of H-pyrrole nitrogens is 1. The monoisotopic (exact) mass is 259 g/mol. The molecule has 4 nitrogen and oxygen atoms in total. The number of nitrogens with zero attached hydrogens (tertiary/aromatic N) is 1. The maximum atomic E-state index is 12.0. The summed E-state index contributed by atoms with van der Waals surface area (Å²) in [5.74, 6) is 0.763. The molecule has 0 unspecified atom stereocenters. The summed E-state index contributed by atoms with van der Waals surface area (Å²) in [6, 6.07) is 9.58. The Morgan fingerprint density at radius 1 is 1.26 bits per heavy atom. The lowest BCUT2D eigenvalue weighted by Gasteiger charge is -2.32. The fraction of sp³-hybridized carbons (Fsp3) is 0.400. The van der Waals surface area contributed by atoms with Crippen LogP contribution in [-0.4, -0.2) is 36.1 Å². The molecule has 0 aliphatic rings. The van der Waals surface area contributed by atoms with Gasteiger partial charge >= 0.3 is 0 Å². The van der Waals surface area contributed by atoms with Gasteiger partial charge in [0.05, 0.1) is 0 Å². The van der Waals surface area contributed by atoms with Crippen LogP contribution < -0.4 is 10.9 Å². The molecular weight excluding hydrogens is 238 g/mol. The summed E-state index contributed by atoms with van der Waals surface area (Å²) in [7, 11) is 4.09. The lowest BCUT2D eigenvalue weighted by Crippen LogP contribution is -2.44. The highest BCUT2D eigenvalue weighted by Gasteiger charge is 2.19. The number of hydrogen-bond acceptors (Lipinski definition) is 3. The van der Waals surface area contributed by atoms with Crippen LogP contribution in [-0.2, 0) is 0 Å². The summed E-state index contributed by atoms with van der Waals surface area (Å²) >= 11 is 0. The highest BCUT2D eigenvalue weighted by molar-refractivity contribution is 5.83. The third kappa shape index (κ3) is 2.96. The molecule has 4 heteroatoms. The first-order valence-corrected chi connectivity index (χ1v) is 6.43. The molecule has 0 saturated heterocycles. The Morgan fingerprint density at radius 3 is 2.63 bits per heavy atom. The molecule has 0 amide bonds. The topological polar surface area (TPSA) is 48.1 Å². The summed E-state index contributed by atoms with van der Waals surface area (Å²) in [4.78, 5) is 17.0. The van der Waals surface area contributed by atoms with E-state index in [0.717, 1.165) is 23.1 Å². The fourth-order valence-corrected chi connectivity index (χ4v) is 1.78. The van der Waals surface area contributed by atoms with Gasteiger partial charge in [0.15, 0.2) is 0 Å². The van der Waals surface area contributed by atoms with Crippen LogP contribution in [0.3, 0.4) is 0 Å². The predicted molar refractivity (Wildman–Crippen MR) is 80.8 cm³/mol. The van der Waals surface area contributed by atoms with Gasteiger partial charge in [-0.15, -0.1) is 0 Å². The zero-order valence-corrected chi connectivity index (χ0v) is 11.9. The fourth-order valence-electron chi connectivity index (χ4n) is 1.78. The van der Waals surface area contributed by atoms with Gasteiger partial charge in [0, 0.05) is 17.5 Å². The van der Waals surface area contributed by atoms with Gasteiger partial charge < -0.3 is 15.2 Å². The molecule has 102 valence electrons. The minimum atomic E-state index is -0.0525. The maximum Gasteiger partial charge on any atom is 0.257 e. The van der Waals surface area contributed by atoms with Crippen LogP contribution in [0.25, 0.3) is 10.8 Å². The lowest BCUT2D eigenvalue weighted by atomic mass is 10.0. The first-order valence-electron chi connectivity index (χ1n) is 6.43. The van der Waals surface area contributed by atoms with Gasteiger partial charge in [-0.3, -0.25) is 4.79 Å². The number of aromatic nitrogens is 1. The lowest BCUT2D eigenvalue weighted by molar-refractivity contribution is 0.210. The van der Waals surface area contributed by atoms with Crippen LogP contribution in [0.1, 0.15) is 13.8 Å². The smallest absolute Gasteiger partial charge is 0.257 e. The average molecular weight is 259 g/mol. The van der Waals surface area contributed by atoms with Gasteiger partial charge in [0.2, 0.25) is 0 Å². The standard InChI is InChI=1S/C15H21N3O/c1-15(2,18(3)4)10-16-13-9-11-7-5-6-8-12(11)14(19)17-13/h5-9H,10H2,1-4H3,(H2,16,17,19). The van der Waals surface area contributed by atoms with Crippen LogP contribution in [0.5, 0.6) is 0 Å². The first-order chi connectivity index (χ1) is 8.90. The van der Waals surface area contributed by atoms with Crippen molar-refractivity contribution >= 4 is 16.6 Å². The minimum absolute atomic E-state index is 0.0164.